The molecule has 1 N–H and O–H groups in total. The highest BCUT2D eigenvalue weighted by Crippen LogP contribution is 2.42. The second kappa shape index (κ2) is 5.15. The zero-order valence-corrected chi connectivity index (χ0v) is 13.6. The number of nitrogens with one attached hydrogen (secondary N) is 1. The molecule has 0 atom stereocenters. The van der Waals surface area contributed by atoms with Crippen molar-refractivity contribution in [3.05, 3.63) is 46.3 Å². The lowest BCUT2D eigenvalue weighted by atomic mass is 9.86. The maximum absolute atomic E-state index is 14.2. The predicted octanol–water partition coefficient (Wildman–Crippen LogP) is 3.48. The van der Waals surface area contributed by atoms with Gasteiger partial charge < -0.3 is 5.32 Å². The number of hydrogen-bond acceptors (Lipinski definition) is 2. The fraction of sp³-hybridized carbons (Fsp3) is 0.412. The van der Waals surface area contributed by atoms with Gasteiger partial charge in [0.15, 0.2) is 0 Å². The molecular weight excluding hydrogens is 300 g/mol. The summed E-state index contributed by atoms with van der Waals surface area (Å²) in [5.74, 6) is -1.91. The SMILES string of the molecule is Cc1nn(C)c(F)c1C(=O)Nc1c(F)ccc2c1CCC2(C)C. The minimum atomic E-state index is -0.728. The van der Waals surface area contributed by atoms with Crippen LogP contribution < -0.4 is 5.32 Å². The van der Waals surface area contributed by atoms with Gasteiger partial charge in [0, 0.05) is 7.05 Å². The Labute approximate surface area is 133 Å². The van der Waals surface area contributed by atoms with Gasteiger partial charge in [-0.05, 0) is 42.4 Å². The molecule has 1 aliphatic carbocycles. The number of benzene rings is 1. The van der Waals surface area contributed by atoms with E-state index in [0.29, 0.717) is 6.42 Å². The second-order valence-corrected chi connectivity index (χ2v) is 6.66. The van der Waals surface area contributed by atoms with E-state index in [2.05, 4.69) is 24.3 Å². The average molecular weight is 319 g/mol. The highest BCUT2D eigenvalue weighted by atomic mass is 19.1. The van der Waals surface area contributed by atoms with Crippen LogP contribution >= 0.6 is 0 Å². The molecule has 2 aromatic rings. The molecule has 122 valence electrons. The highest BCUT2D eigenvalue weighted by molar-refractivity contribution is 6.05. The van der Waals surface area contributed by atoms with Crippen molar-refractivity contribution in [2.24, 2.45) is 7.05 Å². The van der Waals surface area contributed by atoms with Gasteiger partial charge in [0.05, 0.1) is 11.4 Å². The molecule has 4 nitrogen and oxygen atoms in total. The molecule has 1 aromatic carbocycles. The number of fused-ring (bicyclic) bond motifs is 1. The van der Waals surface area contributed by atoms with Gasteiger partial charge in [-0.25, -0.2) is 9.07 Å². The van der Waals surface area contributed by atoms with E-state index in [-0.39, 0.29) is 22.4 Å². The number of rotatable bonds is 2. The lowest BCUT2D eigenvalue weighted by molar-refractivity contribution is 0.102. The van der Waals surface area contributed by atoms with Crippen molar-refractivity contribution in [1.29, 1.82) is 0 Å². The van der Waals surface area contributed by atoms with E-state index in [1.807, 2.05) is 0 Å². The van der Waals surface area contributed by atoms with Gasteiger partial charge >= 0.3 is 0 Å². The summed E-state index contributed by atoms with van der Waals surface area (Å²) in [5.41, 5.74) is 2.04. The number of halogens is 2. The van der Waals surface area contributed by atoms with Crippen LogP contribution in [-0.4, -0.2) is 15.7 Å². The van der Waals surface area contributed by atoms with Gasteiger partial charge in [0.1, 0.15) is 11.4 Å². The summed E-state index contributed by atoms with van der Waals surface area (Å²) in [4.78, 5) is 12.4. The van der Waals surface area contributed by atoms with Gasteiger partial charge in [-0.3, -0.25) is 4.79 Å². The lowest BCUT2D eigenvalue weighted by Gasteiger charge is -2.19. The van der Waals surface area contributed by atoms with E-state index in [4.69, 9.17) is 0 Å². The Hall–Kier alpha value is -2.24. The topological polar surface area (TPSA) is 46.9 Å². The quantitative estimate of drug-likeness (QED) is 0.921. The minimum absolute atomic E-state index is 0.0576. The largest absolute Gasteiger partial charge is 0.319 e. The van der Waals surface area contributed by atoms with E-state index >= 15 is 0 Å². The van der Waals surface area contributed by atoms with E-state index < -0.39 is 17.7 Å². The van der Waals surface area contributed by atoms with E-state index in [0.717, 1.165) is 22.2 Å². The van der Waals surface area contributed by atoms with Crippen molar-refractivity contribution in [3.8, 4) is 0 Å². The highest BCUT2D eigenvalue weighted by Gasteiger charge is 2.33. The summed E-state index contributed by atoms with van der Waals surface area (Å²) in [5, 5.41) is 6.43. The van der Waals surface area contributed by atoms with Gasteiger partial charge in [-0.2, -0.15) is 9.49 Å². The summed E-state index contributed by atoms with van der Waals surface area (Å²) in [6, 6.07) is 3.12. The van der Waals surface area contributed by atoms with Crippen LogP contribution in [0.25, 0.3) is 0 Å². The summed E-state index contributed by atoms with van der Waals surface area (Å²) in [6.07, 6.45) is 1.57. The summed E-state index contributed by atoms with van der Waals surface area (Å²) < 4.78 is 29.3. The third-order valence-electron chi connectivity index (χ3n) is 4.61. The average Bonchev–Trinajstić information content (AvgIpc) is 2.90. The number of aryl methyl sites for hydroxylation is 2. The molecule has 0 spiro atoms. The predicted molar refractivity (Wildman–Crippen MR) is 83.6 cm³/mol. The molecule has 0 saturated carbocycles. The molecule has 23 heavy (non-hydrogen) atoms. The zero-order valence-electron chi connectivity index (χ0n) is 13.6. The molecule has 1 aromatic heterocycles. The number of anilines is 1. The number of nitrogens with zero attached hydrogens (tertiary/aromatic N) is 2. The summed E-state index contributed by atoms with van der Waals surface area (Å²) in [7, 11) is 1.42. The molecule has 3 rings (SSSR count). The Morgan fingerprint density at radius 1 is 1.35 bits per heavy atom. The van der Waals surface area contributed by atoms with Crippen LogP contribution in [0.4, 0.5) is 14.5 Å². The first-order chi connectivity index (χ1) is 10.7. The Balaban J connectivity index is 2.01. The fourth-order valence-electron chi connectivity index (χ4n) is 3.28. The van der Waals surface area contributed by atoms with Crippen LogP contribution in [0, 0.1) is 18.7 Å². The maximum Gasteiger partial charge on any atom is 0.262 e. The monoisotopic (exact) mass is 319 g/mol. The van der Waals surface area contributed by atoms with Crippen molar-refractivity contribution in [1.82, 2.24) is 9.78 Å². The standard InChI is InChI=1S/C17H19F2N3O/c1-9-13(15(19)22(4)21-9)16(23)20-14-10-7-8-17(2,3)11(10)5-6-12(14)18/h5-6H,7-8H2,1-4H3,(H,20,23). The lowest BCUT2D eigenvalue weighted by Crippen LogP contribution is -2.17. The van der Waals surface area contributed by atoms with Gasteiger partial charge in [0.25, 0.3) is 5.91 Å². The first-order valence-electron chi connectivity index (χ1n) is 7.54. The number of aromatic nitrogens is 2. The van der Waals surface area contributed by atoms with Crippen LogP contribution in [0.3, 0.4) is 0 Å². The van der Waals surface area contributed by atoms with Crippen LogP contribution in [-0.2, 0) is 18.9 Å². The molecule has 1 amide bonds. The van der Waals surface area contributed by atoms with Crippen molar-refractivity contribution < 1.29 is 13.6 Å². The number of carbonyl (C=O) groups is 1. The molecule has 0 bridgehead atoms. The molecule has 0 fully saturated rings. The summed E-state index contributed by atoms with van der Waals surface area (Å²) >= 11 is 0. The third kappa shape index (κ3) is 2.42. The molecule has 1 heterocycles. The minimum Gasteiger partial charge on any atom is -0.319 e. The van der Waals surface area contributed by atoms with Gasteiger partial charge in [0.2, 0.25) is 5.95 Å². The normalized spacial score (nSPS) is 15.6. The Bertz CT molecular complexity index is 809. The Morgan fingerprint density at radius 2 is 2.04 bits per heavy atom. The van der Waals surface area contributed by atoms with Crippen LogP contribution in [0.2, 0.25) is 0 Å². The van der Waals surface area contributed by atoms with Crippen molar-refractivity contribution in [2.75, 3.05) is 5.32 Å². The number of carbonyl (C=O) groups excluding carboxylic acids is 1. The van der Waals surface area contributed by atoms with E-state index in [9.17, 15) is 13.6 Å². The maximum atomic E-state index is 14.2. The van der Waals surface area contributed by atoms with Crippen LogP contribution in [0.5, 0.6) is 0 Å². The molecule has 1 aliphatic rings. The Kier molecular flexibility index (Phi) is 3.50. The third-order valence-corrected chi connectivity index (χ3v) is 4.61. The molecule has 0 aliphatic heterocycles. The molecule has 0 saturated heterocycles. The van der Waals surface area contributed by atoms with E-state index in [1.54, 1.807) is 13.0 Å². The Morgan fingerprint density at radius 3 is 2.65 bits per heavy atom. The van der Waals surface area contributed by atoms with Crippen molar-refractivity contribution in [2.45, 2.75) is 39.0 Å². The molecule has 0 unspecified atom stereocenters. The smallest absolute Gasteiger partial charge is 0.262 e. The van der Waals surface area contributed by atoms with E-state index in [1.165, 1.54) is 13.1 Å². The van der Waals surface area contributed by atoms with Crippen LogP contribution in [0.15, 0.2) is 12.1 Å². The fourth-order valence-corrected chi connectivity index (χ4v) is 3.28. The molecule has 6 heteroatoms. The first kappa shape index (κ1) is 15.6. The molecule has 0 radical (unpaired) electrons. The first-order valence-corrected chi connectivity index (χ1v) is 7.54. The van der Waals surface area contributed by atoms with Crippen molar-refractivity contribution in [3.63, 3.8) is 0 Å². The van der Waals surface area contributed by atoms with Crippen LogP contribution in [0.1, 0.15) is 47.4 Å². The van der Waals surface area contributed by atoms with Gasteiger partial charge in [-0.15, -0.1) is 0 Å². The molecular formula is C17H19F2N3O. The number of hydrogen-bond donors (Lipinski definition) is 1. The van der Waals surface area contributed by atoms with Gasteiger partial charge in [-0.1, -0.05) is 19.9 Å². The van der Waals surface area contributed by atoms with Crippen molar-refractivity contribution >= 4 is 11.6 Å². The second-order valence-electron chi connectivity index (χ2n) is 6.66. The zero-order chi connectivity index (χ0) is 16.9. The number of amides is 1. The summed E-state index contributed by atoms with van der Waals surface area (Å²) in [6.45, 7) is 5.73.